The summed E-state index contributed by atoms with van der Waals surface area (Å²) >= 11 is 0. The Bertz CT molecular complexity index is 473. The molecule has 0 unspecified atom stereocenters. The standard InChI is InChI=1S/C16H22O3/c1-15(2,19-3)10-12-5-4-6-13(9-12)16(7-8-16)11-14(17)18/h4-6,9H,7-8,10-11H2,1-3H3,(H,17,18). The first-order valence-corrected chi connectivity index (χ1v) is 6.73. The van der Waals surface area contributed by atoms with Crippen molar-refractivity contribution in [3.8, 4) is 0 Å². The van der Waals surface area contributed by atoms with E-state index in [0.717, 1.165) is 19.3 Å². The first-order chi connectivity index (χ1) is 8.87. The highest BCUT2D eigenvalue weighted by Gasteiger charge is 2.45. The molecule has 0 heterocycles. The summed E-state index contributed by atoms with van der Waals surface area (Å²) in [6.45, 7) is 4.12. The number of aliphatic carboxylic acids is 1. The van der Waals surface area contributed by atoms with E-state index in [1.165, 1.54) is 11.1 Å². The predicted octanol–water partition coefficient (Wildman–Crippen LogP) is 3.16. The van der Waals surface area contributed by atoms with Crippen LogP contribution in [0.1, 0.15) is 44.2 Å². The minimum atomic E-state index is -0.708. The van der Waals surface area contributed by atoms with E-state index >= 15 is 0 Å². The Labute approximate surface area is 114 Å². The fourth-order valence-electron chi connectivity index (χ4n) is 2.58. The maximum atomic E-state index is 11.0. The van der Waals surface area contributed by atoms with Crippen LogP contribution in [-0.2, 0) is 21.4 Å². The Kier molecular flexibility index (Phi) is 3.68. The van der Waals surface area contributed by atoms with Crippen LogP contribution in [0.3, 0.4) is 0 Å². The van der Waals surface area contributed by atoms with Gasteiger partial charge in [-0.15, -0.1) is 0 Å². The van der Waals surface area contributed by atoms with Crippen LogP contribution in [0.2, 0.25) is 0 Å². The molecule has 1 saturated carbocycles. The van der Waals surface area contributed by atoms with Gasteiger partial charge in [0, 0.05) is 18.9 Å². The van der Waals surface area contributed by atoms with Gasteiger partial charge in [-0.1, -0.05) is 24.3 Å². The fourth-order valence-corrected chi connectivity index (χ4v) is 2.58. The number of benzene rings is 1. The number of carbonyl (C=O) groups is 1. The Morgan fingerprint density at radius 3 is 2.63 bits per heavy atom. The van der Waals surface area contributed by atoms with Crippen LogP contribution in [0, 0.1) is 0 Å². The van der Waals surface area contributed by atoms with Crippen molar-refractivity contribution < 1.29 is 14.6 Å². The first-order valence-electron chi connectivity index (χ1n) is 6.73. The van der Waals surface area contributed by atoms with Gasteiger partial charge in [-0.25, -0.2) is 0 Å². The summed E-state index contributed by atoms with van der Waals surface area (Å²) in [5.74, 6) is -0.708. The minimum absolute atomic E-state index is 0.112. The van der Waals surface area contributed by atoms with E-state index < -0.39 is 5.97 Å². The van der Waals surface area contributed by atoms with E-state index in [2.05, 4.69) is 32.0 Å². The number of carboxylic acid groups (broad SMARTS) is 1. The second kappa shape index (κ2) is 4.97. The fraction of sp³-hybridized carbons (Fsp3) is 0.562. The minimum Gasteiger partial charge on any atom is -0.481 e. The van der Waals surface area contributed by atoms with E-state index in [-0.39, 0.29) is 17.4 Å². The molecule has 0 saturated heterocycles. The molecule has 104 valence electrons. The van der Waals surface area contributed by atoms with E-state index in [1.54, 1.807) is 7.11 Å². The Balaban J connectivity index is 2.18. The van der Waals surface area contributed by atoms with Gasteiger partial charge >= 0.3 is 5.97 Å². The SMILES string of the molecule is COC(C)(C)Cc1cccc(C2(CC(=O)O)CC2)c1. The van der Waals surface area contributed by atoms with Crippen LogP contribution in [0.15, 0.2) is 24.3 Å². The first kappa shape index (κ1) is 14.1. The smallest absolute Gasteiger partial charge is 0.304 e. The number of ether oxygens (including phenoxy) is 1. The van der Waals surface area contributed by atoms with Crippen molar-refractivity contribution >= 4 is 5.97 Å². The van der Waals surface area contributed by atoms with E-state index in [0.29, 0.717) is 0 Å². The largest absolute Gasteiger partial charge is 0.481 e. The third kappa shape index (κ3) is 3.35. The highest BCUT2D eigenvalue weighted by molar-refractivity contribution is 5.70. The van der Waals surface area contributed by atoms with Gasteiger partial charge in [0.15, 0.2) is 0 Å². The Morgan fingerprint density at radius 1 is 1.42 bits per heavy atom. The van der Waals surface area contributed by atoms with Gasteiger partial charge in [0.25, 0.3) is 0 Å². The van der Waals surface area contributed by atoms with Crippen LogP contribution in [0.25, 0.3) is 0 Å². The highest BCUT2D eigenvalue weighted by Crippen LogP contribution is 2.51. The molecule has 19 heavy (non-hydrogen) atoms. The summed E-state index contributed by atoms with van der Waals surface area (Å²) in [6.07, 6.45) is 3.04. The number of hydrogen-bond acceptors (Lipinski definition) is 2. The quantitative estimate of drug-likeness (QED) is 0.856. The molecule has 1 aliphatic carbocycles. The zero-order valence-corrected chi connectivity index (χ0v) is 11.9. The zero-order chi connectivity index (χ0) is 14.1. The molecule has 1 aliphatic rings. The summed E-state index contributed by atoms with van der Waals surface area (Å²) < 4.78 is 5.45. The van der Waals surface area contributed by atoms with Gasteiger partial charge in [-0.05, 0) is 37.8 Å². The molecule has 0 spiro atoms. The molecule has 1 N–H and O–H groups in total. The third-order valence-corrected chi connectivity index (χ3v) is 4.06. The molecule has 0 atom stereocenters. The molecule has 0 radical (unpaired) electrons. The van der Waals surface area contributed by atoms with Crippen molar-refractivity contribution in [1.29, 1.82) is 0 Å². The number of carboxylic acids is 1. The van der Waals surface area contributed by atoms with Crippen molar-refractivity contribution in [1.82, 2.24) is 0 Å². The molecule has 0 amide bonds. The molecule has 2 rings (SSSR count). The summed E-state index contributed by atoms with van der Waals surface area (Å²) in [6, 6.07) is 8.31. The van der Waals surface area contributed by atoms with Gasteiger partial charge in [-0.3, -0.25) is 4.79 Å². The molecular weight excluding hydrogens is 240 g/mol. The van der Waals surface area contributed by atoms with Crippen LogP contribution in [-0.4, -0.2) is 23.8 Å². The predicted molar refractivity (Wildman–Crippen MR) is 74.4 cm³/mol. The molecular formula is C16H22O3. The molecule has 3 heteroatoms. The summed E-state index contributed by atoms with van der Waals surface area (Å²) in [7, 11) is 1.72. The number of methoxy groups -OCH3 is 1. The van der Waals surface area contributed by atoms with Gasteiger partial charge < -0.3 is 9.84 Å². The van der Waals surface area contributed by atoms with Crippen LogP contribution >= 0.6 is 0 Å². The summed E-state index contributed by atoms with van der Waals surface area (Å²) in [4.78, 5) is 11.0. The van der Waals surface area contributed by atoms with Gasteiger partial charge in [0.1, 0.15) is 0 Å². The Morgan fingerprint density at radius 2 is 2.11 bits per heavy atom. The average molecular weight is 262 g/mol. The lowest BCUT2D eigenvalue weighted by Crippen LogP contribution is -2.25. The maximum absolute atomic E-state index is 11.0. The van der Waals surface area contributed by atoms with Gasteiger partial charge in [-0.2, -0.15) is 0 Å². The monoisotopic (exact) mass is 262 g/mol. The van der Waals surface area contributed by atoms with Crippen molar-refractivity contribution in [2.75, 3.05) is 7.11 Å². The molecule has 1 aromatic carbocycles. The van der Waals surface area contributed by atoms with Gasteiger partial charge in [0.05, 0.1) is 12.0 Å². The van der Waals surface area contributed by atoms with Crippen LogP contribution < -0.4 is 0 Å². The number of hydrogen-bond donors (Lipinski definition) is 1. The van der Waals surface area contributed by atoms with Crippen molar-refractivity contribution in [2.24, 2.45) is 0 Å². The number of rotatable bonds is 6. The summed E-state index contributed by atoms with van der Waals surface area (Å²) in [5.41, 5.74) is 2.07. The lowest BCUT2D eigenvalue weighted by Gasteiger charge is -2.23. The average Bonchev–Trinajstić information content (AvgIpc) is 3.09. The Hall–Kier alpha value is -1.35. The second-order valence-corrected chi connectivity index (χ2v) is 6.19. The van der Waals surface area contributed by atoms with Crippen molar-refractivity contribution in [2.45, 2.75) is 50.5 Å². The normalized spacial score (nSPS) is 17.2. The molecule has 0 aliphatic heterocycles. The zero-order valence-electron chi connectivity index (χ0n) is 11.9. The topological polar surface area (TPSA) is 46.5 Å². The lowest BCUT2D eigenvalue weighted by molar-refractivity contribution is -0.137. The van der Waals surface area contributed by atoms with E-state index in [1.807, 2.05) is 6.07 Å². The second-order valence-electron chi connectivity index (χ2n) is 6.19. The van der Waals surface area contributed by atoms with E-state index in [4.69, 9.17) is 9.84 Å². The maximum Gasteiger partial charge on any atom is 0.304 e. The van der Waals surface area contributed by atoms with Gasteiger partial charge in [0.2, 0.25) is 0 Å². The summed E-state index contributed by atoms with van der Waals surface area (Å²) in [5, 5.41) is 9.02. The highest BCUT2D eigenvalue weighted by atomic mass is 16.5. The molecule has 0 aromatic heterocycles. The molecule has 1 fully saturated rings. The third-order valence-electron chi connectivity index (χ3n) is 4.06. The van der Waals surface area contributed by atoms with E-state index in [9.17, 15) is 4.79 Å². The van der Waals surface area contributed by atoms with Crippen molar-refractivity contribution in [3.63, 3.8) is 0 Å². The lowest BCUT2D eigenvalue weighted by atomic mass is 9.89. The molecule has 1 aromatic rings. The van der Waals surface area contributed by atoms with Crippen LogP contribution in [0.5, 0.6) is 0 Å². The van der Waals surface area contributed by atoms with Crippen molar-refractivity contribution in [3.05, 3.63) is 35.4 Å². The molecule has 0 bridgehead atoms. The molecule has 3 nitrogen and oxygen atoms in total. The van der Waals surface area contributed by atoms with Crippen LogP contribution in [0.4, 0.5) is 0 Å².